The molecule has 2 N–H and O–H groups in total. The molecule has 106 valence electrons. The van der Waals surface area contributed by atoms with Crippen LogP contribution in [0.2, 0.25) is 0 Å². The number of hydrogen-bond donors (Lipinski definition) is 1. The second-order valence-electron chi connectivity index (χ2n) is 5.27. The van der Waals surface area contributed by atoms with Crippen LogP contribution in [0.25, 0.3) is 0 Å². The van der Waals surface area contributed by atoms with Crippen LogP contribution >= 0.6 is 0 Å². The molecule has 0 aromatic carbocycles. The molecule has 0 amide bonds. The number of rotatable bonds is 4. The third-order valence-electron chi connectivity index (χ3n) is 3.83. The molecule has 1 unspecified atom stereocenters. The first-order valence-electron chi connectivity index (χ1n) is 7.15. The van der Waals surface area contributed by atoms with E-state index in [1.54, 1.807) is 0 Å². The van der Waals surface area contributed by atoms with Crippen LogP contribution in [0.3, 0.4) is 0 Å². The molecule has 1 saturated heterocycles. The van der Waals surface area contributed by atoms with E-state index in [0.717, 1.165) is 56.5 Å². The molecule has 0 spiro atoms. The van der Waals surface area contributed by atoms with Crippen molar-refractivity contribution in [2.45, 2.75) is 33.2 Å². The largest absolute Gasteiger partial charge is 0.338 e. The molecule has 1 atom stereocenters. The summed E-state index contributed by atoms with van der Waals surface area (Å²) in [6.07, 6.45) is 1.12. The van der Waals surface area contributed by atoms with Crippen LogP contribution in [0, 0.1) is 13.8 Å². The molecule has 0 saturated carbocycles. The summed E-state index contributed by atoms with van der Waals surface area (Å²) in [5.41, 5.74) is 7.90. The molecule has 2 heterocycles. The lowest BCUT2D eigenvalue weighted by Crippen LogP contribution is -2.52. The Kier molecular flexibility index (Phi) is 4.71. The zero-order valence-electron chi connectivity index (χ0n) is 12.3. The zero-order valence-corrected chi connectivity index (χ0v) is 12.3. The van der Waals surface area contributed by atoms with E-state index in [1.165, 1.54) is 0 Å². The molecule has 5 heteroatoms. The van der Waals surface area contributed by atoms with E-state index in [4.69, 9.17) is 5.73 Å². The van der Waals surface area contributed by atoms with Crippen LogP contribution in [0.5, 0.6) is 0 Å². The molecule has 19 heavy (non-hydrogen) atoms. The van der Waals surface area contributed by atoms with Gasteiger partial charge in [-0.05, 0) is 26.3 Å². The minimum atomic E-state index is 0.516. The van der Waals surface area contributed by atoms with E-state index < -0.39 is 0 Å². The molecule has 1 fully saturated rings. The summed E-state index contributed by atoms with van der Waals surface area (Å²) in [5.74, 6) is 0.873. The predicted molar refractivity (Wildman–Crippen MR) is 78.4 cm³/mol. The first-order valence-corrected chi connectivity index (χ1v) is 7.15. The highest BCUT2D eigenvalue weighted by Crippen LogP contribution is 2.14. The van der Waals surface area contributed by atoms with Gasteiger partial charge in [-0.15, -0.1) is 0 Å². The van der Waals surface area contributed by atoms with Gasteiger partial charge in [0.2, 0.25) is 5.95 Å². The predicted octanol–water partition coefficient (Wildman–Crippen LogP) is 0.953. The number of nitrogens with two attached hydrogens (primary N) is 1. The van der Waals surface area contributed by atoms with Gasteiger partial charge in [-0.1, -0.05) is 6.92 Å². The first-order chi connectivity index (χ1) is 9.13. The average Bonchev–Trinajstić information content (AvgIpc) is 2.40. The first kappa shape index (κ1) is 14.2. The van der Waals surface area contributed by atoms with Gasteiger partial charge in [0.1, 0.15) is 0 Å². The number of aromatic nitrogens is 2. The van der Waals surface area contributed by atoms with Crippen LogP contribution in [-0.2, 0) is 0 Å². The van der Waals surface area contributed by atoms with E-state index in [1.807, 2.05) is 19.9 Å². The standard InChI is InChI=1S/C14H25N5/c1-4-13(10-15)18-5-7-19(8-6-18)14-16-11(2)9-12(3)17-14/h9,13H,4-8,10,15H2,1-3H3. The third kappa shape index (κ3) is 3.42. The molecule has 1 aliphatic rings. The highest BCUT2D eigenvalue weighted by atomic mass is 15.3. The molecular weight excluding hydrogens is 238 g/mol. The Hall–Kier alpha value is -1.20. The van der Waals surface area contributed by atoms with Gasteiger partial charge >= 0.3 is 0 Å². The zero-order chi connectivity index (χ0) is 13.8. The van der Waals surface area contributed by atoms with E-state index in [9.17, 15) is 0 Å². The van der Waals surface area contributed by atoms with Gasteiger partial charge in [-0.2, -0.15) is 0 Å². The van der Waals surface area contributed by atoms with Crippen molar-refractivity contribution in [3.63, 3.8) is 0 Å². The molecule has 5 nitrogen and oxygen atoms in total. The Bertz CT molecular complexity index is 388. The molecule has 2 rings (SSSR count). The van der Waals surface area contributed by atoms with Crippen molar-refractivity contribution in [3.05, 3.63) is 17.5 Å². The number of hydrogen-bond acceptors (Lipinski definition) is 5. The molecule has 0 bridgehead atoms. The van der Waals surface area contributed by atoms with Crippen molar-refractivity contribution >= 4 is 5.95 Å². The fraction of sp³-hybridized carbons (Fsp3) is 0.714. The monoisotopic (exact) mass is 263 g/mol. The Balaban J connectivity index is 1.99. The van der Waals surface area contributed by atoms with E-state index in [2.05, 4.69) is 26.7 Å². The van der Waals surface area contributed by atoms with E-state index in [0.29, 0.717) is 6.04 Å². The Morgan fingerprint density at radius 3 is 2.21 bits per heavy atom. The summed E-state index contributed by atoms with van der Waals surface area (Å²) in [4.78, 5) is 13.8. The van der Waals surface area contributed by atoms with E-state index >= 15 is 0 Å². The smallest absolute Gasteiger partial charge is 0.225 e. The second kappa shape index (κ2) is 6.30. The second-order valence-corrected chi connectivity index (χ2v) is 5.27. The van der Waals surface area contributed by atoms with Crippen LogP contribution in [0.1, 0.15) is 24.7 Å². The van der Waals surface area contributed by atoms with Crippen molar-refractivity contribution in [1.82, 2.24) is 14.9 Å². The average molecular weight is 263 g/mol. The number of piperazine rings is 1. The SMILES string of the molecule is CCC(CN)N1CCN(c2nc(C)cc(C)n2)CC1. The number of nitrogens with zero attached hydrogens (tertiary/aromatic N) is 4. The maximum atomic E-state index is 5.82. The highest BCUT2D eigenvalue weighted by molar-refractivity contribution is 5.32. The topological polar surface area (TPSA) is 58.3 Å². The van der Waals surface area contributed by atoms with Crippen molar-refractivity contribution in [2.24, 2.45) is 5.73 Å². The summed E-state index contributed by atoms with van der Waals surface area (Å²) in [5, 5.41) is 0. The fourth-order valence-electron chi connectivity index (χ4n) is 2.71. The highest BCUT2D eigenvalue weighted by Gasteiger charge is 2.23. The van der Waals surface area contributed by atoms with Crippen LogP contribution in [0.15, 0.2) is 6.07 Å². The number of aryl methyl sites for hydroxylation is 2. The molecule has 1 aromatic heterocycles. The molecular formula is C14H25N5. The van der Waals surface area contributed by atoms with Crippen molar-refractivity contribution in [2.75, 3.05) is 37.6 Å². The molecule has 1 aliphatic heterocycles. The maximum Gasteiger partial charge on any atom is 0.225 e. The number of anilines is 1. The van der Waals surface area contributed by atoms with Gasteiger partial charge in [0.25, 0.3) is 0 Å². The van der Waals surface area contributed by atoms with Gasteiger partial charge in [-0.3, -0.25) is 4.90 Å². The van der Waals surface area contributed by atoms with Crippen LogP contribution in [-0.4, -0.2) is 53.6 Å². The lowest BCUT2D eigenvalue weighted by molar-refractivity contribution is 0.184. The van der Waals surface area contributed by atoms with Gasteiger partial charge in [0, 0.05) is 50.2 Å². The van der Waals surface area contributed by atoms with Gasteiger partial charge < -0.3 is 10.6 Å². The summed E-state index contributed by atoms with van der Waals surface area (Å²) in [7, 11) is 0. The lowest BCUT2D eigenvalue weighted by atomic mass is 10.1. The molecule has 0 aliphatic carbocycles. The van der Waals surface area contributed by atoms with E-state index in [-0.39, 0.29) is 0 Å². The Labute approximate surface area is 115 Å². The van der Waals surface area contributed by atoms with Gasteiger partial charge in [0.15, 0.2) is 0 Å². The maximum absolute atomic E-state index is 5.82. The van der Waals surface area contributed by atoms with Gasteiger partial charge in [0.05, 0.1) is 0 Å². The lowest BCUT2D eigenvalue weighted by Gasteiger charge is -2.38. The van der Waals surface area contributed by atoms with Crippen LogP contribution in [0.4, 0.5) is 5.95 Å². The Morgan fingerprint density at radius 2 is 1.74 bits per heavy atom. The van der Waals surface area contributed by atoms with Crippen LogP contribution < -0.4 is 10.6 Å². The summed E-state index contributed by atoms with van der Waals surface area (Å²) in [6.45, 7) is 11.1. The third-order valence-corrected chi connectivity index (χ3v) is 3.83. The summed E-state index contributed by atoms with van der Waals surface area (Å²) in [6, 6.07) is 2.53. The minimum Gasteiger partial charge on any atom is -0.338 e. The minimum absolute atomic E-state index is 0.516. The van der Waals surface area contributed by atoms with Crippen molar-refractivity contribution in [1.29, 1.82) is 0 Å². The van der Waals surface area contributed by atoms with Gasteiger partial charge in [-0.25, -0.2) is 9.97 Å². The molecule has 0 radical (unpaired) electrons. The molecule has 1 aromatic rings. The Morgan fingerprint density at radius 1 is 1.16 bits per heavy atom. The fourth-order valence-corrected chi connectivity index (χ4v) is 2.71. The normalized spacial score (nSPS) is 18.6. The summed E-state index contributed by atoms with van der Waals surface area (Å²) >= 11 is 0. The summed E-state index contributed by atoms with van der Waals surface area (Å²) < 4.78 is 0. The quantitative estimate of drug-likeness (QED) is 0.876. The van der Waals surface area contributed by atoms with Crippen molar-refractivity contribution in [3.8, 4) is 0 Å². The van der Waals surface area contributed by atoms with Crippen molar-refractivity contribution < 1.29 is 0 Å².